The lowest BCUT2D eigenvalue weighted by Crippen LogP contribution is -2.20. The van der Waals surface area contributed by atoms with Crippen molar-refractivity contribution in [3.63, 3.8) is 0 Å². The summed E-state index contributed by atoms with van der Waals surface area (Å²) < 4.78 is 77.1. The van der Waals surface area contributed by atoms with Gasteiger partial charge >= 0.3 is 12.4 Å². The molecule has 0 aromatic heterocycles. The highest BCUT2D eigenvalue weighted by atomic mass is 19.4. The largest absolute Gasteiger partial charge is 0.416 e. The molecule has 0 amide bonds. The van der Waals surface area contributed by atoms with Crippen molar-refractivity contribution in [3.8, 4) is 0 Å². The molecule has 0 radical (unpaired) electrons. The molecule has 1 nitrogen and oxygen atoms in total. The van der Waals surface area contributed by atoms with Gasteiger partial charge in [0.1, 0.15) is 0 Å². The summed E-state index contributed by atoms with van der Waals surface area (Å²) >= 11 is 0. The van der Waals surface area contributed by atoms with E-state index in [0.717, 1.165) is 49.9 Å². The van der Waals surface area contributed by atoms with Gasteiger partial charge in [-0.2, -0.15) is 26.3 Å². The van der Waals surface area contributed by atoms with Gasteiger partial charge in [0.05, 0.1) is 11.1 Å². The first-order valence-electron chi connectivity index (χ1n) is 11.3. The number of halogens is 6. The van der Waals surface area contributed by atoms with Crippen LogP contribution in [-0.2, 0) is 17.1 Å². The highest BCUT2D eigenvalue weighted by molar-refractivity contribution is 6.14. The molecule has 34 heavy (non-hydrogen) atoms. The van der Waals surface area contributed by atoms with E-state index in [-0.39, 0.29) is 11.7 Å². The predicted octanol–water partition coefficient (Wildman–Crippen LogP) is 8.75. The van der Waals surface area contributed by atoms with Crippen LogP contribution in [-0.4, -0.2) is 5.78 Å². The average molecular weight is 480 g/mol. The van der Waals surface area contributed by atoms with E-state index in [0.29, 0.717) is 35.1 Å². The van der Waals surface area contributed by atoms with Crippen molar-refractivity contribution in [1.82, 2.24) is 0 Å². The third-order valence-electron chi connectivity index (χ3n) is 5.97. The minimum atomic E-state index is -4.44. The normalized spacial score (nSPS) is 19.7. The number of Topliss-reactive ketones (excluding diaryl/α,β-unsaturated/α-hetero) is 1. The number of carbonyl (C=O) groups excluding carboxylic acids is 1. The molecule has 0 atom stereocenters. The van der Waals surface area contributed by atoms with E-state index < -0.39 is 23.5 Å². The summed E-state index contributed by atoms with van der Waals surface area (Å²) in [6, 6.07) is 9.28. The van der Waals surface area contributed by atoms with Crippen molar-refractivity contribution in [2.24, 2.45) is 5.92 Å². The van der Waals surface area contributed by atoms with Crippen molar-refractivity contribution in [2.75, 3.05) is 0 Å². The zero-order chi connectivity index (χ0) is 24.9. The number of rotatable bonds is 6. The Morgan fingerprint density at radius 1 is 0.735 bits per heavy atom. The van der Waals surface area contributed by atoms with Crippen LogP contribution < -0.4 is 0 Å². The Bertz CT molecular complexity index is 961. The van der Waals surface area contributed by atoms with Crippen LogP contribution in [0.5, 0.6) is 0 Å². The molecule has 0 bridgehead atoms. The van der Waals surface area contributed by atoms with Gasteiger partial charge < -0.3 is 0 Å². The fourth-order valence-electron chi connectivity index (χ4n) is 4.16. The topological polar surface area (TPSA) is 17.1 Å². The molecular formula is C27H26F6O. The van der Waals surface area contributed by atoms with Crippen LogP contribution in [0.15, 0.2) is 59.7 Å². The van der Waals surface area contributed by atoms with Crippen LogP contribution in [0.4, 0.5) is 26.3 Å². The van der Waals surface area contributed by atoms with Crippen LogP contribution in [0.3, 0.4) is 0 Å². The molecule has 7 heteroatoms. The second-order valence-electron chi connectivity index (χ2n) is 8.68. The van der Waals surface area contributed by atoms with Gasteiger partial charge in [0.15, 0.2) is 5.78 Å². The number of ketones is 1. The van der Waals surface area contributed by atoms with E-state index in [1.807, 2.05) is 0 Å². The SMILES string of the molecule is CCCCCC1CC(=Cc2ccc(C(F)(F)F)cc2)C(=O)C(=Cc2ccc(C(F)(F)F)cc2)C1. The lowest BCUT2D eigenvalue weighted by atomic mass is 9.77. The Morgan fingerprint density at radius 2 is 1.15 bits per heavy atom. The maximum absolute atomic E-state index is 13.2. The van der Waals surface area contributed by atoms with Crippen LogP contribution in [0.25, 0.3) is 12.2 Å². The fourth-order valence-corrected chi connectivity index (χ4v) is 4.16. The van der Waals surface area contributed by atoms with Crippen LogP contribution in [0, 0.1) is 5.92 Å². The third kappa shape index (κ3) is 6.84. The van der Waals surface area contributed by atoms with Gasteiger partial charge in [-0.1, -0.05) is 50.5 Å². The molecule has 3 rings (SSSR count). The number of allylic oxidation sites excluding steroid dienone is 2. The summed E-state index contributed by atoms with van der Waals surface area (Å²) in [5, 5.41) is 0. The Balaban J connectivity index is 1.89. The molecule has 2 aromatic carbocycles. The lowest BCUT2D eigenvalue weighted by Gasteiger charge is -2.26. The van der Waals surface area contributed by atoms with Crippen molar-refractivity contribution in [1.29, 1.82) is 0 Å². The van der Waals surface area contributed by atoms with Crippen molar-refractivity contribution >= 4 is 17.9 Å². The van der Waals surface area contributed by atoms with Gasteiger partial charge in [-0.25, -0.2) is 0 Å². The highest BCUT2D eigenvalue weighted by Gasteiger charge is 2.31. The van der Waals surface area contributed by atoms with E-state index in [1.54, 1.807) is 12.2 Å². The third-order valence-corrected chi connectivity index (χ3v) is 5.97. The Labute approximate surface area is 195 Å². The zero-order valence-electron chi connectivity index (χ0n) is 18.8. The minimum absolute atomic E-state index is 0.186. The van der Waals surface area contributed by atoms with Gasteiger partial charge in [-0.15, -0.1) is 0 Å². The molecule has 0 N–H and O–H groups in total. The highest BCUT2D eigenvalue weighted by Crippen LogP contribution is 2.36. The summed E-state index contributed by atoms with van der Waals surface area (Å²) in [5.41, 5.74) is 0.491. The maximum Gasteiger partial charge on any atom is 0.416 e. The van der Waals surface area contributed by atoms with E-state index in [9.17, 15) is 31.1 Å². The number of hydrogen-bond donors (Lipinski definition) is 0. The average Bonchev–Trinajstić information content (AvgIpc) is 2.76. The first kappa shape index (κ1) is 25.8. The molecule has 0 aliphatic heterocycles. The summed E-state index contributed by atoms with van der Waals surface area (Å²) in [6.45, 7) is 2.09. The molecule has 1 aliphatic carbocycles. The van der Waals surface area contributed by atoms with Crippen LogP contribution in [0.2, 0.25) is 0 Å². The van der Waals surface area contributed by atoms with Crippen LogP contribution in [0.1, 0.15) is 67.7 Å². The molecule has 0 spiro atoms. The van der Waals surface area contributed by atoms with Crippen molar-refractivity contribution in [2.45, 2.75) is 57.8 Å². The zero-order valence-corrected chi connectivity index (χ0v) is 18.8. The second-order valence-corrected chi connectivity index (χ2v) is 8.68. The van der Waals surface area contributed by atoms with Gasteiger partial charge in [-0.3, -0.25) is 4.79 Å². The first-order chi connectivity index (χ1) is 16.0. The molecule has 1 fully saturated rings. The number of benzene rings is 2. The maximum atomic E-state index is 13.2. The molecule has 1 aliphatic rings. The van der Waals surface area contributed by atoms with E-state index in [1.165, 1.54) is 24.3 Å². The van der Waals surface area contributed by atoms with E-state index in [4.69, 9.17) is 0 Å². The summed E-state index contributed by atoms with van der Waals surface area (Å²) in [7, 11) is 0. The van der Waals surface area contributed by atoms with Gasteiger partial charge in [0.2, 0.25) is 0 Å². The minimum Gasteiger partial charge on any atom is -0.289 e. The smallest absolute Gasteiger partial charge is 0.289 e. The van der Waals surface area contributed by atoms with Crippen LogP contribution >= 0.6 is 0 Å². The summed E-state index contributed by atoms with van der Waals surface area (Å²) in [4.78, 5) is 13.2. The summed E-state index contributed by atoms with van der Waals surface area (Å²) in [6.07, 6.45) is -0.588. The van der Waals surface area contributed by atoms with E-state index in [2.05, 4.69) is 6.92 Å². The quantitative estimate of drug-likeness (QED) is 0.229. The molecule has 0 unspecified atom stereocenters. The Kier molecular flexibility index (Phi) is 8.05. The Hall–Kier alpha value is -2.83. The molecule has 0 heterocycles. The molecule has 2 aromatic rings. The summed E-state index contributed by atoms with van der Waals surface area (Å²) in [5.74, 6) is -0.0304. The van der Waals surface area contributed by atoms with Crippen molar-refractivity contribution < 1.29 is 31.1 Å². The predicted molar refractivity (Wildman–Crippen MR) is 121 cm³/mol. The molecule has 182 valence electrons. The fraction of sp³-hybridized carbons (Fsp3) is 0.370. The van der Waals surface area contributed by atoms with Crippen molar-refractivity contribution in [3.05, 3.63) is 81.9 Å². The van der Waals surface area contributed by atoms with Gasteiger partial charge in [0.25, 0.3) is 0 Å². The monoisotopic (exact) mass is 480 g/mol. The molecule has 0 saturated heterocycles. The second kappa shape index (κ2) is 10.6. The lowest BCUT2D eigenvalue weighted by molar-refractivity contribution is -0.138. The first-order valence-corrected chi connectivity index (χ1v) is 11.3. The van der Waals surface area contributed by atoms with Gasteiger partial charge in [-0.05, 0) is 72.7 Å². The Morgan fingerprint density at radius 3 is 1.50 bits per heavy atom. The molecule has 1 saturated carbocycles. The standard InChI is InChI=1S/C27H26F6O/c1-2-3-4-5-20-16-21(14-18-6-10-23(11-7-18)26(28,29)30)25(34)22(17-20)15-19-8-12-24(13-9-19)27(31,32)33/h6-15,20H,2-5,16-17H2,1H3. The van der Waals surface area contributed by atoms with E-state index >= 15 is 0 Å². The number of unbranched alkanes of at least 4 members (excludes halogenated alkanes) is 2. The molecular weight excluding hydrogens is 454 g/mol. The number of hydrogen-bond acceptors (Lipinski definition) is 1. The number of alkyl halides is 6. The van der Waals surface area contributed by atoms with Gasteiger partial charge in [0, 0.05) is 11.1 Å². The number of carbonyl (C=O) groups is 1.